The summed E-state index contributed by atoms with van der Waals surface area (Å²) in [6.07, 6.45) is 0.307. The molecule has 0 aliphatic rings. The molecule has 4 heteroatoms. The molecule has 0 saturated heterocycles. The Morgan fingerprint density at radius 2 is 1.38 bits per heavy atom. The molecule has 3 aromatic rings. The van der Waals surface area contributed by atoms with Gasteiger partial charge in [-0.15, -0.1) is 0 Å². The van der Waals surface area contributed by atoms with Gasteiger partial charge in [-0.05, 0) is 27.6 Å². The molecule has 0 spiro atoms. The van der Waals surface area contributed by atoms with Gasteiger partial charge in [0.2, 0.25) is 0 Å². The van der Waals surface area contributed by atoms with Crippen molar-refractivity contribution in [3.8, 4) is 0 Å². The van der Waals surface area contributed by atoms with E-state index in [1.54, 1.807) is 6.92 Å². The standard InChI is InChI=1S/C20H18O4/c1-2-18(21)23-11-12-24-20(22)19-16-9-5-3-7-14(16)13-15-8-4-6-10-17(15)19/h3-10,13H,2,11-12H2,1H3. The highest BCUT2D eigenvalue weighted by molar-refractivity contribution is 6.16. The van der Waals surface area contributed by atoms with Gasteiger partial charge in [-0.1, -0.05) is 55.5 Å². The molecule has 24 heavy (non-hydrogen) atoms. The number of hydrogen-bond acceptors (Lipinski definition) is 4. The number of benzene rings is 3. The first-order chi connectivity index (χ1) is 11.7. The van der Waals surface area contributed by atoms with E-state index >= 15 is 0 Å². The average Bonchev–Trinajstić information content (AvgIpc) is 2.62. The number of rotatable bonds is 5. The summed E-state index contributed by atoms with van der Waals surface area (Å²) in [6.45, 7) is 1.83. The largest absolute Gasteiger partial charge is 0.462 e. The molecule has 0 saturated carbocycles. The Bertz CT molecular complexity index is 844. The third-order valence-corrected chi connectivity index (χ3v) is 3.84. The Morgan fingerprint density at radius 3 is 1.96 bits per heavy atom. The number of hydrogen-bond donors (Lipinski definition) is 0. The third-order valence-electron chi connectivity index (χ3n) is 3.84. The van der Waals surface area contributed by atoms with Gasteiger partial charge in [-0.25, -0.2) is 4.79 Å². The van der Waals surface area contributed by atoms with Gasteiger partial charge in [0, 0.05) is 6.42 Å². The van der Waals surface area contributed by atoms with E-state index in [1.165, 1.54) is 0 Å². The molecule has 4 nitrogen and oxygen atoms in total. The van der Waals surface area contributed by atoms with Crippen molar-refractivity contribution in [1.82, 2.24) is 0 Å². The second-order valence-electron chi connectivity index (χ2n) is 5.40. The molecule has 0 heterocycles. The Hall–Kier alpha value is -2.88. The summed E-state index contributed by atoms with van der Waals surface area (Å²) in [7, 11) is 0. The summed E-state index contributed by atoms with van der Waals surface area (Å²) < 4.78 is 10.3. The lowest BCUT2D eigenvalue weighted by molar-refractivity contribution is -0.144. The predicted molar refractivity (Wildman–Crippen MR) is 93.0 cm³/mol. The SMILES string of the molecule is CCC(=O)OCCOC(=O)c1c2ccccc2cc2ccccc12. The van der Waals surface area contributed by atoms with E-state index in [4.69, 9.17) is 9.47 Å². The molecule has 0 N–H and O–H groups in total. The normalized spacial score (nSPS) is 10.7. The molecular formula is C20H18O4. The van der Waals surface area contributed by atoms with Crippen LogP contribution in [0.3, 0.4) is 0 Å². The molecule has 0 aliphatic heterocycles. The maximum atomic E-state index is 12.6. The lowest BCUT2D eigenvalue weighted by Crippen LogP contribution is -2.14. The lowest BCUT2D eigenvalue weighted by Gasteiger charge is -2.11. The molecule has 0 unspecified atom stereocenters. The van der Waals surface area contributed by atoms with Crippen molar-refractivity contribution in [2.24, 2.45) is 0 Å². The summed E-state index contributed by atoms with van der Waals surface area (Å²) >= 11 is 0. The van der Waals surface area contributed by atoms with Crippen LogP contribution in [0.2, 0.25) is 0 Å². The van der Waals surface area contributed by atoms with Gasteiger partial charge < -0.3 is 9.47 Å². The first kappa shape index (κ1) is 16.0. The fourth-order valence-electron chi connectivity index (χ4n) is 2.70. The fourth-order valence-corrected chi connectivity index (χ4v) is 2.70. The molecule has 0 radical (unpaired) electrons. The van der Waals surface area contributed by atoms with Crippen molar-refractivity contribution in [2.75, 3.05) is 13.2 Å². The van der Waals surface area contributed by atoms with Crippen LogP contribution in [-0.4, -0.2) is 25.2 Å². The van der Waals surface area contributed by atoms with Gasteiger partial charge in [0.05, 0.1) is 5.56 Å². The van der Waals surface area contributed by atoms with Crippen LogP contribution in [-0.2, 0) is 14.3 Å². The fraction of sp³-hybridized carbons (Fsp3) is 0.200. The second kappa shape index (κ2) is 7.13. The summed E-state index contributed by atoms with van der Waals surface area (Å²) in [6, 6.07) is 17.5. The van der Waals surface area contributed by atoms with Crippen LogP contribution in [0.5, 0.6) is 0 Å². The topological polar surface area (TPSA) is 52.6 Å². The Balaban J connectivity index is 1.91. The number of fused-ring (bicyclic) bond motifs is 2. The molecule has 0 amide bonds. The van der Waals surface area contributed by atoms with Gasteiger partial charge in [-0.2, -0.15) is 0 Å². The van der Waals surface area contributed by atoms with Gasteiger partial charge in [0.15, 0.2) is 0 Å². The number of carbonyl (C=O) groups excluding carboxylic acids is 2. The van der Waals surface area contributed by atoms with Crippen LogP contribution in [0.4, 0.5) is 0 Å². The number of ether oxygens (including phenoxy) is 2. The highest BCUT2D eigenvalue weighted by Gasteiger charge is 2.16. The zero-order valence-electron chi connectivity index (χ0n) is 13.5. The van der Waals surface area contributed by atoms with E-state index in [-0.39, 0.29) is 19.2 Å². The quantitative estimate of drug-likeness (QED) is 0.403. The Morgan fingerprint density at radius 1 is 0.833 bits per heavy atom. The zero-order valence-corrected chi connectivity index (χ0v) is 13.5. The molecule has 0 bridgehead atoms. The molecule has 3 aromatic carbocycles. The molecular weight excluding hydrogens is 304 g/mol. The zero-order chi connectivity index (χ0) is 16.9. The van der Waals surface area contributed by atoms with E-state index in [9.17, 15) is 9.59 Å². The maximum absolute atomic E-state index is 12.6. The van der Waals surface area contributed by atoms with Gasteiger partial charge in [0.1, 0.15) is 13.2 Å². The maximum Gasteiger partial charge on any atom is 0.339 e. The molecule has 122 valence electrons. The van der Waals surface area contributed by atoms with Crippen molar-refractivity contribution in [3.05, 3.63) is 60.2 Å². The van der Waals surface area contributed by atoms with Crippen LogP contribution in [0.25, 0.3) is 21.5 Å². The average molecular weight is 322 g/mol. The van der Waals surface area contributed by atoms with E-state index in [0.717, 1.165) is 21.5 Å². The third kappa shape index (κ3) is 3.23. The van der Waals surface area contributed by atoms with Crippen molar-refractivity contribution in [3.63, 3.8) is 0 Å². The van der Waals surface area contributed by atoms with E-state index < -0.39 is 5.97 Å². The molecule has 0 aromatic heterocycles. The second-order valence-corrected chi connectivity index (χ2v) is 5.40. The van der Waals surface area contributed by atoms with Crippen molar-refractivity contribution in [2.45, 2.75) is 13.3 Å². The minimum atomic E-state index is -0.407. The van der Waals surface area contributed by atoms with Crippen molar-refractivity contribution < 1.29 is 19.1 Å². The molecule has 0 aliphatic carbocycles. The van der Waals surface area contributed by atoms with Crippen LogP contribution in [0.15, 0.2) is 54.6 Å². The Labute approximate surface area is 140 Å². The minimum Gasteiger partial charge on any atom is -0.462 e. The van der Waals surface area contributed by atoms with Gasteiger partial charge >= 0.3 is 11.9 Å². The van der Waals surface area contributed by atoms with E-state index in [1.807, 2.05) is 48.5 Å². The van der Waals surface area contributed by atoms with E-state index in [2.05, 4.69) is 6.07 Å². The van der Waals surface area contributed by atoms with Crippen LogP contribution in [0.1, 0.15) is 23.7 Å². The predicted octanol–water partition coefficient (Wildman–Crippen LogP) is 4.10. The Kier molecular flexibility index (Phi) is 4.75. The van der Waals surface area contributed by atoms with E-state index in [0.29, 0.717) is 12.0 Å². The highest BCUT2D eigenvalue weighted by Crippen LogP contribution is 2.29. The number of esters is 2. The molecule has 0 fully saturated rings. The minimum absolute atomic E-state index is 0.0438. The molecule has 3 rings (SSSR count). The molecule has 0 atom stereocenters. The van der Waals surface area contributed by atoms with Crippen LogP contribution < -0.4 is 0 Å². The number of carbonyl (C=O) groups is 2. The monoisotopic (exact) mass is 322 g/mol. The van der Waals surface area contributed by atoms with Gasteiger partial charge in [0.25, 0.3) is 0 Å². The summed E-state index contributed by atoms with van der Waals surface area (Å²) in [4.78, 5) is 23.7. The summed E-state index contributed by atoms with van der Waals surface area (Å²) in [5.74, 6) is -0.711. The van der Waals surface area contributed by atoms with Crippen LogP contribution >= 0.6 is 0 Å². The highest BCUT2D eigenvalue weighted by atomic mass is 16.6. The summed E-state index contributed by atoms with van der Waals surface area (Å²) in [5.41, 5.74) is 0.547. The van der Waals surface area contributed by atoms with Gasteiger partial charge in [-0.3, -0.25) is 4.79 Å². The van der Waals surface area contributed by atoms with Crippen molar-refractivity contribution >= 4 is 33.5 Å². The van der Waals surface area contributed by atoms with Crippen molar-refractivity contribution in [1.29, 1.82) is 0 Å². The van der Waals surface area contributed by atoms with Crippen LogP contribution in [0, 0.1) is 0 Å². The first-order valence-electron chi connectivity index (χ1n) is 7.94. The first-order valence-corrected chi connectivity index (χ1v) is 7.94. The smallest absolute Gasteiger partial charge is 0.339 e. The lowest BCUT2D eigenvalue weighted by atomic mass is 9.97. The summed E-state index contributed by atoms with van der Waals surface area (Å²) in [5, 5.41) is 3.68.